The molecule has 29 heavy (non-hydrogen) atoms. The number of hydrogen-bond acceptors (Lipinski definition) is 4. The van der Waals surface area contributed by atoms with Crippen LogP contribution in [0, 0.1) is 6.92 Å². The average molecular weight is 420 g/mol. The number of likely N-dealkylation sites (N-methyl/N-ethyl adjacent to an activating group) is 1. The Morgan fingerprint density at radius 3 is 2.24 bits per heavy atom. The molecule has 0 atom stereocenters. The molecule has 1 aromatic heterocycles. The van der Waals surface area contributed by atoms with Gasteiger partial charge in [0.1, 0.15) is 6.54 Å². The minimum absolute atomic E-state index is 0.00977. The quantitative estimate of drug-likeness (QED) is 0.624. The molecular formula is C21H29N3O4S. The Bertz CT molecular complexity index is 1010. The molecule has 7 nitrogen and oxygen atoms in total. The van der Waals surface area contributed by atoms with Crippen LogP contribution in [-0.4, -0.2) is 47.7 Å². The standard InChI is InChI=1S/C21H29N3O4S/c1-5-22(14-18-11-9-8-10-17(18)4)21(26)16-23-15-19(12-13-20(23)25)29(27,28)24(6-2)7-3/h8-13,15H,5-7,14,16H2,1-4H3. The maximum Gasteiger partial charge on any atom is 0.251 e. The first-order valence-corrected chi connectivity index (χ1v) is 11.2. The van der Waals surface area contributed by atoms with Crippen LogP contribution in [0.3, 0.4) is 0 Å². The summed E-state index contributed by atoms with van der Waals surface area (Å²) in [5.74, 6) is -0.241. The molecule has 0 bridgehead atoms. The van der Waals surface area contributed by atoms with Crippen LogP contribution in [0.2, 0.25) is 0 Å². The third-order valence-electron chi connectivity index (χ3n) is 4.96. The van der Waals surface area contributed by atoms with Crippen molar-refractivity contribution in [2.75, 3.05) is 19.6 Å². The molecule has 0 aliphatic heterocycles. The summed E-state index contributed by atoms with van der Waals surface area (Å²) < 4.78 is 27.9. The number of rotatable bonds is 9. The molecule has 1 amide bonds. The van der Waals surface area contributed by atoms with Crippen molar-refractivity contribution in [3.63, 3.8) is 0 Å². The molecule has 2 aromatic rings. The van der Waals surface area contributed by atoms with Gasteiger partial charge < -0.3 is 9.47 Å². The largest absolute Gasteiger partial charge is 0.337 e. The van der Waals surface area contributed by atoms with E-state index in [1.54, 1.807) is 18.7 Å². The van der Waals surface area contributed by atoms with Gasteiger partial charge in [-0.2, -0.15) is 4.31 Å². The maximum absolute atomic E-state index is 12.8. The van der Waals surface area contributed by atoms with Gasteiger partial charge in [-0.25, -0.2) is 8.42 Å². The molecule has 0 N–H and O–H groups in total. The maximum atomic E-state index is 12.8. The molecule has 0 fully saturated rings. The van der Waals surface area contributed by atoms with Gasteiger partial charge in [0, 0.05) is 38.4 Å². The SMILES string of the molecule is CCN(Cc1ccccc1C)C(=O)Cn1cc(S(=O)(=O)N(CC)CC)ccc1=O. The monoisotopic (exact) mass is 419 g/mol. The number of aromatic nitrogens is 1. The van der Waals surface area contributed by atoms with E-state index in [0.717, 1.165) is 11.1 Å². The van der Waals surface area contributed by atoms with Crippen LogP contribution in [0.5, 0.6) is 0 Å². The smallest absolute Gasteiger partial charge is 0.251 e. The van der Waals surface area contributed by atoms with E-state index >= 15 is 0 Å². The number of hydrogen-bond donors (Lipinski definition) is 0. The van der Waals surface area contributed by atoms with Gasteiger partial charge in [-0.15, -0.1) is 0 Å². The van der Waals surface area contributed by atoms with Crippen LogP contribution < -0.4 is 5.56 Å². The predicted molar refractivity (Wildman–Crippen MR) is 113 cm³/mol. The van der Waals surface area contributed by atoms with Crippen LogP contribution in [-0.2, 0) is 27.9 Å². The van der Waals surface area contributed by atoms with E-state index in [1.165, 1.54) is 27.2 Å². The Balaban J connectivity index is 2.27. The van der Waals surface area contributed by atoms with Crippen LogP contribution in [0.25, 0.3) is 0 Å². The number of sulfonamides is 1. The van der Waals surface area contributed by atoms with Crippen molar-refractivity contribution >= 4 is 15.9 Å². The van der Waals surface area contributed by atoms with Crippen LogP contribution in [0.15, 0.2) is 52.3 Å². The number of carbonyl (C=O) groups is 1. The van der Waals surface area contributed by atoms with E-state index in [9.17, 15) is 18.0 Å². The van der Waals surface area contributed by atoms with Gasteiger partial charge in [0.15, 0.2) is 0 Å². The summed E-state index contributed by atoms with van der Waals surface area (Å²) in [6.45, 7) is 8.75. The summed E-state index contributed by atoms with van der Waals surface area (Å²) in [5, 5.41) is 0. The fraction of sp³-hybridized carbons (Fsp3) is 0.429. The summed E-state index contributed by atoms with van der Waals surface area (Å²) in [5.41, 5.74) is 1.71. The molecular weight excluding hydrogens is 390 g/mol. The second-order valence-corrected chi connectivity index (χ2v) is 8.69. The van der Waals surface area contributed by atoms with Gasteiger partial charge in [0.05, 0.1) is 4.90 Å². The van der Waals surface area contributed by atoms with Crippen molar-refractivity contribution in [3.8, 4) is 0 Å². The lowest BCUT2D eigenvalue weighted by atomic mass is 10.1. The van der Waals surface area contributed by atoms with Crippen molar-refractivity contribution in [3.05, 3.63) is 64.1 Å². The fourth-order valence-corrected chi connectivity index (χ4v) is 4.59. The zero-order valence-electron chi connectivity index (χ0n) is 17.5. The van der Waals surface area contributed by atoms with Gasteiger partial charge in [0.2, 0.25) is 15.9 Å². The van der Waals surface area contributed by atoms with Crippen LogP contribution in [0.1, 0.15) is 31.9 Å². The number of amides is 1. The van der Waals surface area contributed by atoms with Gasteiger partial charge in [-0.3, -0.25) is 9.59 Å². The summed E-state index contributed by atoms with van der Waals surface area (Å²) in [6.07, 6.45) is 1.26. The van der Waals surface area contributed by atoms with E-state index in [1.807, 2.05) is 38.1 Å². The number of aryl methyl sites for hydroxylation is 1. The van der Waals surface area contributed by atoms with Crippen molar-refractivity contribution in [2.45, 2.75) is 45.7 Å². The summed E-state index contributed by atoms with van der Waals surface area (Å²) >= 11 is 0. The predicted octanol–water partition coefficient (Wildman–Crippen LogP) is 2.24. The van der Waals surface area contributed by atoms with E-state index < -0.39 is 15.6 Å². The van der Waals surface area contributed by atoms with Crippen molar-refractivity contribution in [2.24, 2.45) is 0 Å². The molecule has 0 spiro atoms. The van der Waals surface area contributed by atoms with E-state index in [0.29, 0.717) is 26.2 Å². The molecule has 0 saturated carbocycles. The van der Waals surface area contributed by atoms with Crippen molar-refractivity contribution in [1.29, 1.82) is 0 Å². The van der Waals surface area contributed by atoms with Crippen molar-refractivity contribution < 1.29 is 13.2 Å². The minimum atomic E-state index is -3.71. The van der Waals surface area contributed by atoms with Gasteiger partial charge in [-0.05, 0) is 31.0 Å². The fourth-order valence-electron chi connectivity index (χ4n) is 3.11. The number of benzene rings is 1. The molecule has 0 unspecified atom stereocenters. The molecule has 1 aromatic carbocycles. The highest BCUT2D eigenvalue weighted by atomic mass is 32.2. The number of pyridine rings is 1. The molecule has 2 rings (SSSR count). The third-order valence-corrected chi connectivity index (χ3v) is 7.00. The molecule has 0 aliphatic rings. The zero-order valence-corrected chi connectivity index (χ0v) is 18.3. The van der Waals surface area contributed by atoms with Crippen molar-refractivity contribution in [1.82, 2.24) is 13.8 Å². The van der Waals surface area contributed by atoms with Gasteiger partial charge in [0.25, 0.3) is 5.56 Å². The highest BCUT2D eigenvalue weighted by Gasteiger charge is 2.23. The Labute approximate surface area is 172 Å². The Hall–Kier alpha value is -2.45. The van der Waals surface area contributed by atoms with E-state index in [2.05, 4.69) is 0 Å². The van der Waals surface area contributed by atoms with Crippen LogP contribution in [0.4, 0.5) is 0 Å². The second kappa shape index (κ2) is 9.84. The van der Waals surface area contributed by atoms with E-state index in [4.69, 9.17) is 0 Å². The first-order valence-electron chi connectivity index (χ1n) is 9.77. The lowest BCUT2D eigenvalue weighted by Gasteiger charge is -2.23. The summed E-state index contributed by atoms with van der Waals surface area (Å²) in [4.78, 5) is 26.7. The normalized spacial score (nSPS) is 11.6. The highest BCUT2D eigenvalue weighted by molar-refractivity contribution is 7.89. The number of nitrogens with zero attached hydrogens (tertiary/aromatic N) is 3. The van der Waals surface area contributed by atoms with Gasteiger partial charge >= 0.3 is 0 Å². The summed E-state index contributed by atoms with van der Waals surface area (Å²) in [6, 6.07) is 10.3. The average Bonchev–Trinajstić information content (AvgIpc) is 2.69. The summed E-state index contributed by atoms with van der Waals surface area (Å²) in [7, 11) is -3.71. The Morgan fingerprint density at radius 1 is 1.00 bits per heavy atom. The molecule has 1 heterocycles. The molecule has 8 heteroatoms. The van der Waals surface area contributed by atoms with E-state index in [-0.39, 0.29) is 17.3 Å². The number of carbonyl (C=O) groups excluding carboxylic acids is 1. The second-order valence-electron chi connectivity index (χ2n) is 6.75. The zero-order chi connectivity index (χ0) is 21.6. The van der Waals surface area contributed by atoms with Gasteiger partial charge in [-0.1, -0.05) is 38.1 Å². The topological polar surface area (TPSA) is 79.7 Å². The molecule has 0 aliphatic carbocycles. The molecule has 158 valence electrons. The Morgan fingerprint density at radius 2 is 1.66 bits per heavy atom. The van der Waals surface area contributed by atoms with Crippen LogP contribution >= 0.6 is 0 Å². The Kier molecular flexibility index (Phi) is 7.75. The minimum Gasteiger partial charge on any atom is -0.337 e. The molecule has 0 radical (unpaired) electrons. The third kappa shape index (κ3) is 5.33. The highest BCUT2D eigenvalue weighted by Crippen LogP contribution is 2.14. The lowest BCUT2D eigenvalue weighted by Crippen LogP contribution is -2.37. The first kappa shape index (κ1) is 22.8. The lowest BCUT2D eigenvalue weighted by molar-refractivity contribution is -0.132. The molecule has 0 saturated heterocycles. The first-order chi connectivity index (χ1) is 13.7.